The number of alkyl halides is 1. The minimum Gasteiger partial charge on any atom is -0.193 e. The molecule has 0 spiro atoms. The van der Waals surface area contributed by atoms with Crippen LogP contribution in [0.25, 0.3) is 0 Å². The molecule has 7 heavy (non-hydrogen) atoms. The third-order valence-electron chi connectivity index (χ3n) is 0.379. The lowest BCUT2D eigenvalue weighted by molar-refractivity contribution is 0.696. The van der Waals surface area contributed by atoms with Crippen LogP contribution in [0.4, 0.5) is 0 Å². The maximum absolute atomic E-state index is 9.53. The molecular formula is C3H6ClNOS. The van der Waals surface area contributed by atoms with Crippen LogP contribution >= 0.6 is 11.6 Å². The van der Waals surface area contributed by atoms with Crippen molar-refractivity contribution in [1.29, 1.82) is 0 Å². The van der Waals surface area contributed by atoms with Crippen LogP contribution < -0.4 is 0 Å². The van der Waals surface area contributed by atoms with Crippen molar-refractivity contribution >= 4 is 23.1 Å². The Hall–Kier alpha value is 0.110. The zero-order chi connectivity index (χ0) is 5.70. The maximum atomic E-state index is 9.53. The fraction of sp³-hybridized carbons (Fsp3) is 1.00. The van der Waals surface area contributed by atoms with Crippen molar-refractivity contribution in [2.75, 3.05) is 6.54 Å². The van der Waals surface area contributed by atoms with Gasteiger partial charge in [0.1, 0.15) is 0 Å². The van der Waals surface area contributed by atoms with Crippen molar-refractivity contribution in [1.82, 2.24) is 0 Å². The first-order chi connectivity index (χ1) is 3.27. The Morgan fingerprint density at radius 2 is 2.57 bits per heavy atom. The van der Waals surface area contributed by atoms with Crippen LogP contribution in [0.1, 0.15) is 6.92 Å². The molecule has 42 valence electrons. The van der Waals surface area contributed by atoms with E-state index in [4.69, 9.17) is 11.6 Å². The Balaban J connectivity index is 3.13. The molecule has 2 nitrogen and oxygen atoms in total. The van der Waals surface area contributed by atoms with E-state index in [2.05, 4.69) is 4.36 Å². The summed E-state index contributed by atoms with van der Waals surface area (Å²) in [4.78, 5) is 0. The molecule has 0 fully saturated rings. The van der Waals surface area contributed by atoms with Crippen LogP contribution in [-0.2, 0) is 11.5 Å². The molecule has 0 aromatic carbocycles. The van der Waals surface area contributed by atoms with Gasteiger partial charge >= 0.3 is 0 Å². The Morgan fingerprint density at radius 3 is 2.71 bits per heavy atom. The first-order valence-corrected chi connectivity index (χ1v) is 3.00. The SMILES string of the molecule is CC(Cl)CN=S=O. The van der Waals surface area contributed by atoms with E-state index in [1.54, 1.807) is 6.92 Å². The molecular weight excluding hydrogens is 134 g/mol. The molecule has 0 aromatic heterocycles. The highest BCUT2D eigenvalue weighted by atomic mass is 35.5. The number of halogens is 1. The van der Waals surface area contributed by atoms with Crippen molar-refractivity contribution in [3.05, 3.63) is 0 Å². The molecule has 0 heterocycles. The van der Waals surface area contributed by atoms with E-state index in [9.17, 15) is 4.21 Å². The summed E-state index contributed by atoms with van der Waals surface area (Å²) >= 11 is 5.63. The van der Waals surface area contributed by atoms with Gasteiger partial charge in [-0.3, -0.25) is 0 Å². The summed E-state index contributed by atoms with van der Waals surface area (Å²) in [7, 11) is 0. The molecule has 1 atom stereocenters. The molecule has 1 unspecified atom stereocenters. The van der Waals surface area contributed by atoms with Gasteiger partial charge in [0, 0.05) is 0 Å². The molecule has 0 rings (SSSR count). The predicted molar refractivity (Wildman–Crippen MR) is 30.8 cm³/mol. The molecule has 0 bridgehead atoms. The Bertz CT molecular complexity index is 88.9. The van der Waals surface area contributed by atoms with Crippen molar-refractivity contribution in [3.63, 3.8) is 0 Å². The number of rotatable bonds is 2. The molecule has 0 saturated carbocycles. The second-order valence-corrected chi connectivity index (χ2v) is 2.32. The Kier molecular flexibility index (Phi) is 4.34. The molecule has 0 aromatic rings. The van der Waals surface area contributed by atoms with E-state index in [1.807, 2.05) is 0 Å². The minimum atomic E-state index is -0.0125. The van der Waals surface area contributed by atoms with Gasteiger partial charge in [0.05, 0.1) is 11.9 Å². The number of nitrogens with zero attached hydrogens (tertiary/aromatic N) is 1. The van der Waals surface area contributed by atoms with Crippen molar-refractivity contribution in [2.45, 2.75) is 12.3 Å². The largest absolute Gasteiger partial charge is 0.199 e. The van der Waals surface area contributed by atoms with Gasteiger partial charge in [0.25, 0.3) is 0 Å². The second kappa shape index (κ2) is 4.27. The third kappa shape index (κ3) is 6.11. The van der Waals surface area contributed by atoms with Crippen molar-refractivity contribution in [3.8, 4) is 0 Å². The van der Waals surface area contributed by atoms with Crippen LogP contribution in [0.15, 0.2) is 4.36 Å². The molecule has 0 aliphatic carbocycles. The summed E-state index contributed by atoms with van der Waals surface area (Å²) in [5.41, 5.74) is 0. The van der Waals surface area contributed by atoms with Crippen LogP contribution in [0.2, 0.25) is 0 Å². The van der Waals surface area contributed by atoms with Gasteiger partial charge in [-0.05, 0) is 6.92 Å². The van der Waals surface area contributed by atoms with E-state index in [0.717, 1.165) is 0 Å². The molecule has 0 amide bonds. The quantitative estimate of drug-likeness (QED) is 0.525. The van der Waals surface area contributed by atoms with Crippen LogP contribution in [0.3, 0.4) is 0 Å². The second-order valence-electron chi connectivity index (χ2n) is 1.17. The third-order valence-corrected chi connectivity index (χ3v) is 0.771. The summed E-state index contributed by atoms with van der Waals surface area (Å²) in [6, 6.07) is 0. The van der Waals surface area contributed by atoms with Gasteiger partial charge in [-0.25, -0.2) is 0 Å². The van der Waals surface area contributed by atoms with E-state index < -0.39 is 0 Å². The molecule has 0 N–H and O–H groups in total. The fourth-order valence-corrected chi connectivity index (χ4v) is 0.568. The van der Waals surface area contributed by atoms with Gasteiger partial charge in [-0.15, -0.1) is 11.6 Å². The van der Waals surface area contributed by atoms with Crippen molar-refractivity contribution in [2.24, 2.45) is 4.36 Å². The van der Waals surface area contributed by atoms with Gasteiger partial charge in [0.15, 0.2) is 11.5 Å². The highest BCUT2D eigenvalue weighted by Crippen LogP contribution is 1.90. The van der Waals surface area contributed by atoms with E-state index in [0.29, 0.717) is 6.54 Å². The minimum absolute atomic E-state index is 0.0125. The van der Waals surface area contributed by atoms with Crippen LogP contribution in [-0.4, -0.2) is 16.1 Å². The zero-order valence-electron chi connectivity index (χ0n) is 3.93. The fourth-order valence-electron chi connectivity index (χ4n) is 0.133. The first-order valence-electron chi connectivity index (χ1n) is 1.87. The highest BCUT2D eigenvalue weighted by Gasteiger charge is 1.88. The van der Waals surface area contributed by atoms with Gasteiger partial charge in [0.2, 0.25) is 0 Å². The average molecular weight is 140 g/mol. The number of hydrogen-bond donors (Lipinski definition) is 0. The van der Waals surface area contributed by atoms with Crippen molar-refractivity contribution < 1.29 is 4.21 Å². The van der Waals surface area contributed by atoms with E-state index in [1.165, 1.54) is 0 Å². The highest BCUT2D eigenvalue weighted by molar-refractivity contribution is 7.54. The van der Waals surface area contributed by atoms with E-state index in [-0.39, 0.29) is 16.8 Å². The average Bonchev–Trinajstić information content (AvgIpc) is 1.61. The maximum Gasteiger partial charge on any atom is 0.199 e. The van der Waals surface area contributed by atoms with E-state index >= 15 is 0 Å². The smallest absolute Gasteiger partial charge is 0.193 e. The Morgan fingerprint density at radius 1 is 2.00 bits per heavy atom. The monoisotopic (exact) mass is 139 g/mol. The summed E-state index contributed by atoms with van der Waals surface area (Å²) in [6.07, 6.45) is 0. The first kappa shape index (κ1) is 7.11. The summed E-state index contributed by atoms with van der Waals surface area (Å²) in [5, 5.41) is -0.0125. The normalized spacial score (nSPS) is 12.9. The molecule has 0 aliphatic heterocycles. The molecule has 4 heteroatoms. The lowest BCUT2D eigenvalue weighted by Crippen LogP contribution is -1.93. The lowest BCUT2D eigenvalue weighted by Gasteiger charge is -1.88. The molecule has 0 aliphatic rings. The standard InChI is InChI=1S/C3H6ClNOS/c1-3(4)2-5-7-6/h3H,2H2,1H3. The number of hydrogen-bond acceptors (Lipinski definition) is 2. The summed E-state index contributed by atoms with van der Waals surface area (Å²) in [6.45, 7) is 2.23. The van der Waals surface area contributed by atoms with Crippen LogP contribution in [0.5, 0.6) is 0 Å². The Labute approximate surface area is 51.1 Å². The lowest BCUT2D eigenvalue weighted by atomic mass is 10.5. The van der Waals surface area contributed by atoms with Gasteiger partial charge in [-0.1, -0.05) is 0 Å². The van der Waals surface area contributed by atoms with Gasteiger partial charge < -0.3 is 0 Å². The zero-order valence-corrected chi connectivity index (χ0v) is 5.50. The molecule has 0 radical (unpaired) electrons. The topological polar surface area (TPSA) is 29.4 Å². The predicted octanol–water partition coefficient (Wildman–Crippen LogP) is 1.01. The molecule has 0 saturated heterocycles. The van der Waals surface area contributed by atoms with Gasteiger partial charge in [-0.2, -0.15) is 8.57 Å². The summed E-state index contributed by atoms with van der Waals surface area (Å²) in [5.74, 6) is 0. The van der Waals surface area contributed by atoms with Crippen LogP contribution in [0, 0.1) is 0 Å². The summed E-state index contributed by atoms with van der Waals surface area (Å²) < 4.78 is 12.9.